The van der Waals surface area contributed by atoms with E-state index in [1.165, 1.54) is 18.2 Å². The zero-order chi connectivity index (χ0) is 9.84. The largest absolute Gasteiger partial charge is 0.351 e. The smallest absolute Gasteiger partial charge is 0.322 e. The molecule has 0 heterocycles. The lowest BCUT2D eigenvalue weighted by Crippen LogP contribution is -2.22. The molecule has 6 heteroatoms. The highest BCUT2D eigenvalue weighted by molar-refractivity contribution is 7.98. The first-order chi connectivity index (χ1) is 6.09. The number of carbonyl (C=O) groups is 1. The van der Waals surface area contributed by atoms with Crippen LogP contribution in [-0.4, -0.2) is 6.03 Å². The average Bonchev–Trinajstić information content (AvgIpc) is 2.07. The molecule has 0 aliphatic rings. The van der Waals surface area contributed by atoms with Gasteiger partial charge >= 0.3 is 6.03 Å². The Balaban J connectivity index is 2.68. The molecule has 70 valence electrons. The van der Waals surface area contributed by atoms with Crippen LogP contribution >= 0.6 is 23.5 Å². The number of urea groups is 1. The fourth-order valence-corrected chi connectivity index (χ4v) is 1.43. The zero-order valence-corrected chi connectivity index (χ0v) is 7.95. The maximum Gasteiger partial charge on any atom is 0.322 e. The maximum atomic E-state index is 12.6. The van der Waals surface area contributed by atoms with Crippen molar-refractivity contribution in [2.24, 2.45) is 5.73 Å². The van der Waals surface area contributed by atoms with E-state index in [1.807, 2.05) is 0 Å². The van der Waals surface area contributed by atoms with Gasteiger partial charge in [0.15, 0.2) is 0 Å². The fourth-order valence-electron chi connectivity index (χ4n) is 0.650. The van der Waals surface area contributed by atoms with Crippen molar-refractivity contribution in [1.29, 1.82) is 0 Å². The van der Waals surface area contributed by atoms with Crippen molar-refractivity contribution in [1.82, 2.24) is 4.72 Å². The summed E-state index contributed by atoms with van der Waals surface area (Å²) in [7, 11) is 0. The van der Waals surface area contributed by atoms with E-state index in [0.717, 1.165) is 11.9 Å². The Bertz CT molecular complexity index is 334. The van der Waals surface area contributed by atoms with Gasteiger partial charge in [0.2, 0.25) is 0 Å². The van der Waals surface area contributed by atoms with Crippen LogP contribution < -0.4 is 10.5 Å². The van der Waals surface area contributed by atoms with Gasteiger partial charge in [-0.3, -0.25) is 4.72 Å². The number of amides is 2. The van der Waals surface area contributed by atoms with E-state index in [2.05, 4.69) is 4.72 Å². The molecule has 0 saturated heterocycles. The average molecular weight is 221 g/mol. The number of hydrogen-bond donors (Lipinski definition) is 2. The summed E-state index contributed by atoms with van der Waals surface area (Å²) in [5.41, 5.74) is 4.83. The zero-order valence-electron chi connectivity index (χ0n) is 6.38. The van der Waals surface area contributed by atoms with Gasteiger partial charge in [-0.1, -0.05) is 11.6 Å². The van der Waals surface area contributed by atoms with Crippen molar-refractivity contribution in [2.75, 3.05) is 0 Å². The van der Waals surface area contributed by atoms with Gasteiger partial charge in [-0.2, -0.15) is 0 Å². The van der Waals surface area contributed by atoms with Crippen molar-refractivity contribution >= 4 is 29.6 Å². The first-order valence-corrected chi connectivity index (χ1v) is 4.46. The molecule has 2 amide bonds. The third-order valence-corrected chi connectivity index (χ3v) is 2.24. The first-order valence-electron chi connectivity index (χ1n) is 3.27. The SMILES string of the molecule is NC(=O)NSc1ccc(F)c(Cl)c1. The van der Waals surface area contributed by atoms with Crippen molar-refractivity contribution < 1.29 is 9.18 Å². The summed E-state index contributed by atoms with van der Waals surface area (Å²) in [6.45, 7) is 0. The van der Waals surface area contributed by atoms with Gasteiger partial charge in [0, 0.05) is 4.90 Å². The quantitative estimate of drug-likeness (QED) is 0.751. The Hall–Kier alpha value is -0.940. The molecule has 1 aromatic rings. The number of nitrogens with one attached hydrogen (secondary N) is 1. The molecule has 1 rings (SSSR count). The molecular weight excluding hydrogens is 215 g/mol. The molecule has 0 unspecified atom stereocenters. The topological polar surface area (TPSA) is 55.1 Å². The molecule has 0 aliphatic carbocycles. The maximum absolute atomic E-state index is 12.6. The standard InChI is InChI=1S/C7H6ClFN2OS/c8-5-3-4(1-2-6(5)9)13-11-7(10)12/h1-3H,(H3,10,11,12). The van der Waals surface area contributed by atoms with Crippen LogP contribution in [0.25, 0.3) is 0 Å². The third kappa shape index (κ3) is 3.12. The predicted octanol–water partition coefficient (Wildman–Crippen LogP) is 2.15. The summed E-state index contributed by atoms with van der Waals surface area (Å²) in [5.74, 6) is -0.495. The van der Waals surface area contributed by atoms with Crippen LogP contribution in [0.2, 0.25) is 5.02 Å². The summed E-state index contributed by atoms with van der Waals surface area (Å²) < 4.78 is 14.9. The lowest BCUT2D eigenvalue weighted by Gasteiger charge is -2.01. The lowest BCUT2D eigenvalue weighted by molar-refractivity contribution is 0.254. The van der Waals surface area contributed by atoms with Gasteiger partial charge in [-0.25, -0.2) is 9.18 Å². The van der Waals surface area contributed by atoms with Crippen molar-refractivity contribution in [3.8, 4) is 0 Å². The van der Waals surface area contributed by atoms with Crippen molar-refractivity contribution in [2.45, 2.75) is 4.90 Å². The molecule has 0 bridgehead atoms. The summed E-state index contributed by atoms with van der Waals surface area (Å²) in [4.78, 5) is 10.9. The normalized spacial score (nSPS) is 9.69. The van der Waals surface area contributed by atoms with E-state index in [9.17, 15) is 9.18 Å². The Morgan fingerprint density at radius 2 is 2.31 bits per heavy atom. The van der Waals surface area contributed by atoms with Crippen LogP contribution in [0.4, 0.5) is 9.18 Å². The monoisotopic (exact) mass is 220 g/mol. The van der Waals surface area contributed by atoms with E-state index >= 15 is 0 Å². The second kappa shape index (κ2) is 4.34. The van der Waals surface area contributed by atoms with Gasteiger partial charge in [-0.05, 0) is 30.1 Å². The highest BCUT2D eigenvalue weighted by Crippen LogP contribution is 2.21. The minimum Gasteiger partial charge on any atom is -0.351 e. The second-order valence-corrected chi connectivity index (χ2v) is 3.43. The molecule has 0 spiro atoms. The Kier molecular flexibility index (Phi) is 3.39. The predicted molar refractivity (Wildman–Crippen MR) is 50.0 cm³/mol. The van der Waals surface area contributed by atoms with Gasteiger partial charge in [0.05, 0.1) is 5.02 Å². The van der Waals surface area contributed by atoms with Gasteiger partial charge < -0.3 is 5.73 Å². The number of carbonyl (C=O) groups excluding carboxylic acids is 1. The molecule has 0 aliphatic heterocycles. The van der Waals surface area contributed by atoms with E-state index in [1.54, 1.807) is 0 Å². The number of nitrogens with two attached hydrogens (primary N) is 1. The minimum absolute atomic E-state index is 0.0104. The van der Waals surface area contributed by atoms with E-state index < -0.39 is 11.8 Å². The van der Waals surface area contributed by atoms with Crippen LogP contribution in [0.5, 0.6) is 0 Å². The van der Waals surface area contributed by atoms with Crippen LogP contribution in [0, 0.1) is 5.82 Å². The molecule has 13 heavy (non-hydrogen) atoms. The van der Waals surface area contributed by atoms with Gasteiger partial charge in [0.25, 0.3) is 0 Å². The van der Waals surface area contributed by atoms with Crippen LogP contribution in [0.15, 0.2) is 23.1 Å². The summed E-state index contributed by atoms with van der Waals surface area (Å²) in [6, 6.07) is 3.44. The third-order valence-electron chi connectivity index (χ3n) is 1.16. The van der Waals surface area contributed by atoms with E-state index in [0.29, 0.717) is 4.90 Å². The molecule has 0 aromatic heterocycles. The second-order valence-electron chi connectivity index (χ2n) is 2.14. The summed E-state index contributed by atoms with van der Waals surface area (Å²) in [6.07, 6.45) is 0. The summed E-state index contributed by atoms with van der Waals surface area (Å²) in [5, 5.41) is 0.0104. The number of hydrogen-bond acceptors (Lipinski definition) is 2. The Labute approximate surface area is 83.6 Å². The Morgan fingerprint density at radius 1 is 1.62 bits per heavy atom. The van der Waals surface area contributed by atoms with Crippen LogP contribution in [-0.2, 0) is 0 Å². The number of primary amides is 1. The van der Waals surface area contributed by atoms with Crippen molar-refractivity contribution in [3.05, 3.63) is 29.0 Å². The first kappa shape index (κ1) is 10.1. The molecule has 0 saturated carbocycles. The molecule has 0 fully saturated rings. The minimum atomic E-state index is -0.662. The van der Waals surface area contributed by atoms with Crippen molar-refractivity contribution in [3.63, 3.8) is 0 Å². The highest BCUT2D eigenvalue weighted by Gasteiger charge is 2.01. The number of rotatable bonds is 2. The van der Waals surface area contributed by atoms with E-state index in [4.69, 9.17) is 17.3 Å². The molecule has 3 N–H and O–H groups in total. The lowest BCUT2D eigenvalue weighted by atomic mass is 10.3. The highest BCUT2D eigenvalue weighted by atomic mass is 35.5. The molecular formula is C7H6ClFN2OS. The van der Waals surface area contributed by atoms with Crippen LogP contribution in [0.3, 0.4) is 0 Å². The summed E-state index contributed by atoms with van der Waals surface area (Å²) >= 11 is 6.47. The van der Waals surface area contributed by atoms with Gasteiger partial charge in [0.1, 0.15) is 5.82 Å². The number of halogens is 2. The fraction of sp³-hybridized carbons (Fsp3) is 0. The van der Waals surface area contributed by atoms with E-state index in [-0.39, 0.29) is 5.02 Å². The molecule has 3 nitrogen and oxygen atoms in total. The van der Waals surface area contributed by atoms with Gasteiger partial charge in [-0.15, -0.1) is 0 Å². The molecule has 1 aromatic carbocycles. The molecule has 0 radical (unpaired) electrons. The Morgan fingerprint density at radius 3 is 2.85 bits per heavy atom. The van der Waals surface area contributed by atoms with Crippen LogP contribution in [0.1, 0.15) is 0 Å². The molecule has 0 atom stereocenters. The number of benzene rings is 1.